The fraction of sp³-hybridized carbons (Fsp3) is 0.214. The minimum atomic E-state index is -0.543. The summed E-state index contributed by atoms with van der Waals surface area (Å²) in [5, 5.41) is 12.3. The molecule has 0 saturated carbocycles. The van der Waals surface area contributed by atoms with E-state index in [0.29, 0.717) is 28.6 Å². The summed E-state index contributed by atoms with van der Waals surface area (Å²) in [7, 11) is 0. The molecule has 3 N–H and O–H groups in total. The fourth-order valence-corrected chi connectivity index (χ4v) is 2.32. The number of rotatable bonds is 2. The van der Waals surface area contributed by atoms with Crippen molar-refractivity contribution in [2.75, 3.05) is 5.32 Å². The summed E-state index contributed by atoms with van der Waals surface area (Å²) in [6, 6.07) is 2.80. The summed E-state index contributed by atoms with van der Waals surface area (Å²) in [5.74, 6) is -1.07. The molecule has 21 heavy (non-hydrogen) atoms. The lowest BCUT2D eigenvalue weighted by atomic mass is 10.0. The molecule has 2 aromatic rings. The number of fused-ring (bicyclic) bond motifs is 1. The van der Waals surface area contributed by atoms with Crippen molar-refractivity contribution in [3.8, 4) is 0 Å². The van der Waals surface area contributed by atoms with Gasteiger partial charge in [0.15, 0.2) is 0 Å². The van der Waals surface area contributed by atoms with E-state index >= 15 is 0 Å². The first-order valence-electron chi connectivity index (χ1n) is 6.48. The van der Waals surface area contributed by atoms with E-state index in [-0.39, 0.29) is 18.0 Å². The Morgan fingerprint density at radius 2 is 2.19 bits per heavy atom. The molecular formula is C14H13FN4O2. The molecule has 7 heteroatoms. The first-order valence-corrected chi connectivity index (χ1v) is 6.48. The van der Waals surface area contributed by atoms with E-state index in [4.69, 9.17) is 0 Å². The van der Waals surface area contributed by atoms with E-state index in [1.165, 1.54) is 12.1 Å². The van der Waals surface area contributed by atoms with Crippen molar-refractivity contribution >= 4 is 28.4 Å². The molecule has 108 valence electrons. The van der Waals surface area contributed by atoms with Crippen molar-refractivity contribution in [1.29, 1.82) is 0 Å². The lowest BCUT2D eigenvalue weighted by Crippen LogP contribution is -2.30. The first kappa shape index (κ1) is 13.3. The minimum absolute atomic E-state index is 0.0890. The van der Waals surface area contributed by atoms with Crippen molar-refractivity contribution in [2.45, 2.75) is 19.8 Å². The number of carbonyl (C=O) groups is 2. The Morgan fingerprint density at radius 1 is 1.38 bits per heavy atom. The first-order chi connectivity index (χ1) is 10.0. The van der Waals surface area contributed by atoms with Crippen LogP contribution in [0.3, 0.4) is 0 Å². The number of halogens is 1. The van der Waals surface area contributed by atoms with Crippen molar-refractivity contribution in [3.63, 3.8) is 0 Å². The van der Waals surface area contributed by atoms with E-state index in [1.54, 1.807) is 13.1 Å². The third-order valence-corrected chi connectivity index (χ3v) is 3.43. The van der Waals surface area contributed by atoms with Gasteiger partial charge in [0, 0.05) is 29.1 Å². The van der Waals surface area contributed by atoms with E-state index < -0.39 is 11.7 Å². The molecule has 0 radical (unpaired) electrons. The van der Waals surface area contributed by atoms with E-state index in [0.717, 1.165) is 0 Å². The highest BCUT2D eigenvalue weighted by Crippen LogP contribution is 2.23. The number of benzene rings is 1. The molecule has 1 aliphatic rings. The zero-order valence-electron chi connectivity index (χ0n) is 11.3. The molecule has 6 nitrogen and oxygen atoms in total. The van der Waals surface area contributed by atoms with Gasteiger partial charge in [0.1, 0.15) is 5.82 Å². The van der Waals surface area contributed by atoms with E-state index in [9.17, 15) is 14.0 Å². The maximum atomic E-state index is 13.9. The van der Waals surface area contributed by atoms with Crippen LogP contribution in [0.1, 0.15) is 19.8 Å². The van der Waals surface area contributed by atoms with Gasteiger partial charge in [-0.05, 0) is 19.4 Å². The summed E-state index contributed by atoms with van der Waals surface area (Å²) in [6.07, 6.45) is 2.15. The van der Waals surface area contributed by atoms with Crippen LogP contribution in [-0.4, -0.2) is 22.0 Å². The van der Waals surface area contributed by atoms with Gasteiger partial charge in [-0.25, -0.2) is 4.39 Å². The zero-order chi connectivity index (χ0) is 15.0. The number of carbonyl (C=O) groups excluding carboxylic acids is 2. The second-order valence-electron chi connectivity index (χ2n) is 4.90. The molecule has 1 aromatic heterocycles. The second-order valence-corrected chi connectivity index (χ2v) is 4.90. The van der Waals surface area contributed by atoms with Gasteiger partial charge >= 0.3 is 0 Å². The molecule has 0 spiro atoms. The average Bonchev–Trinajstić information content (AvgIpc) is 2.86. The summed E-state index contributed by atoms with van der Waals surface area (Å²) >= 11 is 0. The van der Waals surface area contributed by atoms with Gasteiger partial charge in [0.25, 0.3) is 5.91 Å². The Kier molecular flexibility index (Phi) is 3.17. The molecule has 1 aliphatic heterocycles. The summed E-state index contributed by atoms with van der Waals surface area (Å²) in [6.45, 7) is 1.65. The number of anilines is 1. The monoisotopic (exact) mass is 288 g/mol. The maximum Gasteiger partial charge on any atom is 0.253 e. The quantitative estimate of drug-likeness (QED) is 0.787. The normalized spacial score (nSPS) is 15.2. The average molecular weight is 288 g/mol. The lowest BCUT2D eigenvalue weighted by molar-refractivity contribution is -0.121. The second kappa shape index (κ2) is 5.01. The number of H-pyrrole nitrogens is 1. The number of nitrogens with one attached hydrogen (secondary N) is 3. The molecule has 0 saturated heterocycles. The van der Waals surface area contributed by atoms with Gasteiger partial charge in [-0.1, -0.05) is 0 Å². The van der Waals surface area contributed by atoms with Crippen LogP contribution in [-0.2, 0) is 9.59 Å². The van der Waals surface area contributed by atoms with Crippen molar-refractivity contribution < 1.29 is 14.0 Å². The predicted octanol–water partition coefficient (Wildman–Crippen LogP) is 1.82. The molecule has 0 fully saturated rings. The SMILES string of the molecule is CC1=C(C(=O)Nc2cc3cn[nH]c3cc2F)CCC(=O)N1. The van der Waals surface area contributed by atoms with Crippen LogP contribution in [0.25, 0.3) is 10.9 Å². The number of allylic oxidation sites excluding steroid dienone is 1. The van der Waals surface area contributed by atoms with Crippen LogP contribution in [0, 0.1) is 5.82 Å². The minimum Gasteiger partial charge on any atom is -0.330 e. The highest BCUT2D eigenvalue weighted by Gasteiger charge is 2.21. The van der Waals surface area contributed by atoms with Gasteiger partial charge in [-0.3, -0.25) is 14.7 Å². The maximum absolute atomic E-state index is 13.9. The van der Waals surface area contributed by atoms with Gasteiger partial charge in [0.2, 0.25) is 5.91 Å². The third-order valence-electron chi connectivity index (χ3n) is 3.43. The standard InChI is InChI=1S/C14H13FN4O2/c1-7-9(2-3-13(20)17-7)14(21)18-12-4-8-6-16-19-11(8)5-10(12)15/h4-6H,2-3H2,1H3,(H,16,19)(H,17,20)(H,18,21). The Morgan fingerprint density at radius 3 is 2.95 bits per heavy atom. The van der Waals surface area contributed by atoms with Crippen molar-refractivity contribution in [2.24, 2.45) is 0 Å². The summed E-state index contributed by atoms with van der Waals surface area (Å²) in [4.78, 5) is 23.4. The van der Waals surface area contributed by atoms with Gasteiger partial charge in [0.05, 0.1) is 17.4 Å². The molecule has 3 rings (SSSR count). The predicted molar refractivity (Wildman–Crippen MR) is 74.8 cm³/mol. The molecule has 2 amide bonds. The van der Waals surface area contributed by atoms with Crippen LogP contribution < -0.4 is 10.6 Å². The number of aromatic nitrogens is 2. The molecule has 0 bridgehead atoms. The largest absolute Gasteiger partial charge is 0.330 e. The number of amides is 2. The number of hydrogen-bond acceptors (Lipinski definition) is 3. The third kappa shape index (κ3) is 2.49. The lowest BCUT2D eigenvalue weighted by Gasteiger charge is -2.18. The van der Waals surface area contributed by atoms with E-state index in [2.05, 4.69) is 20.8 Å². The zero-order valence-corrected chi connectivity index (χ0v) is 11.3. The van der Waals surface area contributed by atoms with Gasteiger partial charge < -0.3 is 10.6 Å². The van der Waals surface area contributed by atoms with Crippen LogP contribution in [0.5, 0.6) is 0 Å². The number of nitrogens with zero attached hydrogens (tertiary/aromatic N) is 1. The van der Waals surface area contributed by atoms with Crippen LogP contribution in [0.15, 0.2) is 29.6 Å². The van der Waals surface area contributed by atoms with Crippen LogP contribution in [0.2, 0.25) is 0 Å². The topological polar surface area (TPSA) is 86.9 Å². The van der Waals surface area contributed by atoms with Gasteiger partial charge in [-0.15, -0.1) is 0 Å². The Hall–Kier alpha value is -2.70. The molecule has 2 heterocycles. The molecule has 1 aromatic carbocycles. The fourth-order valence-electron chi connectivity index (χ4n) is 2.32. The molecular weight excluding hydrogens is 275 g/mol. The van der Waals surface area contributed by atoms with Crippen molar-refractivity contribution in [1.82, 2.24) is 15.5 Å². The number of hydrogen-bond donors (Lipinski definition) is 3. The van der Waals surface area contributed by atoms with Crippen LogP contribution in [0.4, 0.5) is 10.1 Å². The Bertz CT molecular complexity index is 778. The van der Waals surface area contributed by atoms with Crippen molar-refractivity contribution in [3.05, 3.63) is 35.4 Å². The smallest absolute Gasteiger partial charge is 0.253 e. The highest BCUT2D eigenvalue weighted by molar-refractivity contribution is 6.06. The number of aromatic amines is 1. The Balaban J connectivity index is 1.87. The summed E-state index contributed by atoms with van der Waals surface area (Å²) < 4.78 is 13.9. The highest BCUT2D eigenvalue weighted by atomic mass is 19.1. The Labute approximate surface area is 119 Å². The molecule has 0 aliphatic carbocycles. The summed E-state index contributed by atoms with van der Waals surface area (Å²) in [5.41, 5.74) is 1.62. The van der Waals surface area contributed by atoms with Gasteiger partial charge in [-0.2, -0.15) is 5.10 Å². The van der Waals surface area contributed by atoms with Crippen LogP contribution >= 0.6 is 0 Å². The van der Waals surface area contributed by atoms with E-state index in [1.807, 2.05) is 0 Å². The molecule has 0 unspecified atom stereocenters. The molecule has 0 atom stereocenters.